The van der Waals surface area contributed by atoms with Gasteiger partial charge in [-0.05, 0) is 57.7 Å². The summed E-state index contributed by atoms with van der Waals surface area (Å²) in [4.78, 5) is 23.8. The molecule has 1 fully saturated rings. The Bertz CT molecular complexity index is 1330. The standard InChI is InChI=1S/C29H43FN6O3Si/c1-8-20-17-31-27(32-21-11-10-14-35(18-21)28(37)39-29(2,3)4)33-24(20)25-22-12-9-13-23(30)26(22)36(34-25)19-38-15-16-40(5,6)7/h9,12-13,17,21H,8,10-11,14-16,18-19H2,1-7H3,(H,31,32,33)/t21-/m0/s1. The second kappa shape index (κ2) is 12.2. The Kier molecular flexibility index (Phi) is 9.14. The van der Waals surface area contributed by atoms with Crippen molar-refractivity contribution >= 4 is 31.0 Å². The number of hydrogen-bond donors (Lipinski definition) is 1. The van der Waals surface area contributed by atoms with Gasteiger partial charge >= 0.3 is 6.09 Å². The minimum atomic E-state index is -1.25. The first-order valence-corrected chi connectivity index (χ1v) is 17.9. The zero-order valence-corrected chi connectivity index (χ0v) is 25.9. The Morgan fingerprint density at radius 3 is 2.70 bits per heavy atom. The van der Waals surface area contributed by atoms with Gasteiger partial charge in [-0.15, -0.1) is 0 Å². The van der Waals surface area contributed by atoms with Crippen LogP contribution in [0.3, 0.4) is 0 Å². The molecule has 3 aromatic rings. The molecule has 1 saturated heterocycles. The maximum atomic E-state index is 15.1. The Labute approximate surface area is 237 Å². The van der Waals surface area contributed by atoms with Crippen molar-refractivity contribution in [3.8, 4) is 11.4 Å². The van der Waals surface area contributed by atoms with Gasteiger partial charge in [-0.2, -0.15) is 5.10 Å². The van der Waals surface area contributed by atoms with Crippen LogP contribution >= 0.6 is 0 Å². The zero-order chi connectivity index (χ0) is 29.1. The lowest BCUT2D eigenvalue weighted by atomic mass is 10.1. The number of likely N-dealkylation sites (tertiary alicyclic amines) is 1. The first kappa shape index (κ1) is 29.9. The van der Waals surface area contributed by atoms with Crippen LogP contribution in [0.5, 0.6) is 0 Å². The molecule has 1 aliphatic rings. The largest absolute Gasteiger partial charge is 0.444 e. The van der Waals surface area contributed by atoms with Crippen LogP contribution in [-0.4, -0.2) is 70.2 Å². The summed E-state index contributed by atoms with van der Waals surface area (Å²) in [6, 6.07) is 6.01. The van der Waals surface area contributed by atoms with E-state index in [1.165, 1.54) is 6.07 Å². The Morgan fingerprint density at radius 1 is 1.23 bits per heavy atom. The monoisotopic (exact) mass is 570 g/mol. The van der Waals surface area contributed by atoms with Crippen molar-refractivity contribution in [3.05, 3.63) is 35.8 Å². The molecule has 40 heavy (non-hydrogen) atoms. The number of piperidine rings is 1. The van der Waals surface area contributed by atoms with E-state index in [2.05, 4.69) is 29.9 Å². The number of carbonyl (C=O) groups excluding carboxylic acids is 1. The van der Waals surface area contributed by atoms with Gasteiger partial charge < -0.3 is 19.7 Å². The van der Waals surface area contributed by atoms with Crippen molar-refractivity contribution in [2.75, 3.05) is 25.0 Å². The van der Waals surface area contributed by atoms with Crippen molar-refractivity contribution in [1.29, 1.82) is 0 Å². The molecule has 0 spiro atoms. The lowest BCUT2D eigenvalue weighted by molar-refractivity contribution is 0.0206. The fourth-order valence-electron chi connectivity index (χ4n) is 4.70. The highest BCUT2D eigenvalue weighted by Crippen LogP contribution is 2.31. The number of nitrogens with zero attached hydrogens (tertiary/aromatic N) is 5. The average Bonchev–Trinajstić information content (AvgIpc) is 3.25. The molecule has 4 rings (SSSR count). The molecule has 1 N–H and O–H groups in total. The molecular weight excluding hydrogens is 527 g/mol. The molecule has 0 unspecified atom stereocenters. The molecule has 1 atom stereocenters. The van der Waals surface area contributed by atoms with Crippen LogP contribution in [0, 0.1) is 5.82 Å². The average molecular weight is 571 g/mol. The molecule has 218 valence electrons. The van der Waals surface area contributed by atoms with Gasteiger partial charge in [0.2, 0.25) is 5.95 Å². The number of benzene rings is 1. The number of ether oxygens (including phenoxy) is 2. The number of aromatic nitrogens is 4. The van der Waals surface area contributed by atoms with Gasteiger partial charge in [0.25, 0.3) is 0 Å². The smallest absolute Gasteiger partial charge is 0.410 e. The van der Waals surface area contributed by atoms with Crippen molar-refractivity contribution < 1.29 is 18.7 Å². The summed E-state index contributed by atoms with van der Waals surface area (Å²) in [7, 11) is -1.25. The molecular formula is C29H43FN6O3Si. The Hall–Kier alpha value is -3.05. The van der Waals surface area contributed by atoms with Crippen molar-refractivity contribution in [3.63, 3.8) is 0 Å². The molecule has 1 amide bonds. The fourth-order valence-corrected chi connectivity index (χ4v) is 5.46. The third-order valence-corrected chi connectivity index (χ3v) is 8.51. The van der Waals surface area contributed by atoms with E-state index < -0.39 is 13.7 Å². The second-order valence-electron chi connectivity index (χ2n) is 12.7. The maximum absolute atomic E-state index is 15.1. The van der Waals surface area contributed by atoms with Crippen molar-refractivity contribution in [2.24, 2.45) is 0 Å². The van der Waals surface area contributed by atoms with Crippen LogP contribution in [0.4, 0.5) is 15.1 Å². The van der Waals surface area contributed by atoms with Crippen molar-refractivity contribution in [2.45, 2.75) is 91.0 Å². The molecule has 0 saturated carbocycles. The third kappa shape index (κ3) is 7.57. The zero-order valence-electron chi connectivity index (χ0n) is 24.9. The van der Waals surface area contributed by atoms with E-state index >= 15 is 4.39 Å². The highest BCUT2D eigenvalue weighted by molar-refractivity contribution is 6.76. The van der Waals surface area contributed by atoms with Crippen LogP contribution in [-0.2, 0) is 22.6 Å². The summed E-state index contributed by atoms with van der Waals surface area (Å²) in [5, 5.41) is 8.89. The van der Waals surface area contributed by atoms with E-state index in [0.29, 0.717) is 54.4 Å². The van der Waals surface area contributed by atoms with Crippen LogP contribution in [0.15, 0.2) is 24.4 Å². The van der Waals surface area contributed by atoms with E-state index in [-0.39, 0.29) is 24.7 Å². The van der Waals surface area contributed by atoms with Gasteiger partial charge in [0.15, 0.2) is 0 Å². The van der Waals surface area contributed by atoms with Crippen LogP contribution in [0.1, 0.15) is 46.1 Å². The number of carbonyl (C=O) groups is 1. The normalized spacial score (nSPS) is 16.4. The number of hydrogen-bond acceptors (Lipinski definition) is 7. The topological polar surface area (TPSA) is 94.4 Å². The van der Waals surface area contributed by atoms with E-state index in [1.54, 1.807) is 21.8 Å². The lowest BCUT2D eigenvalue weighted by Crippen LogP contribution is -2.47. The number of aryl methyl sites for hydroxylation is 1. The van der Waals surface area contributed by atoms with Gasteiger partial charge in [0.1, 0.15) is 29.4 Å². The quantitative estimate of drug-likeness (QED) is 0.238. The minimum absolute atomic E-state index is 0.0203. The van der Waals surface area contributed by atoms with Crippen LogP contribution < -0.4 is 5.32 Å². The summed E-state index contributed by atoms with van der Waals surface area (Å²) in [6.07, 6.45) is 3.91. The fraction of sp³-hybridized carbons (Fsp3) is 0.586. The summed E-state index contributed by atoms with van der Waals surface area (Å²) < 4.78 is 28.1. The summed E-state index contributed by atoms with van der Waals surface area (Å²) in [5.41, 5.74) is 2.04. The van der Waals surface area contributed by atoms with Gasteiger partial charge in [-0.25, -0.2) is 23.8 Å². The number of rotatable bonds is 9. The Morgan fingerprint density at radius 2 is 2.00 bits per heavy atom. The number of para-hydroxylation sites is 1. The van der Waals surface area contributed by atoms with E-state index in [0.717, 1.165) is 24.4 Å². The molecule has 3 heterocycles. The first-order valence-electron chi connectivity index (χ1n) is 14.2. The number of halogens is 1. The van der Waals surface area contributed by atoms with Crippen molar-refractivity contribution in [1.82, 2.24) is 24.6 Å². The molecule has 0 bridgehead atoms. The molecule has 2 aromatic heterocycles. The lowest BCUT2D eigenvalue weighted by Gasteiger charge is -2.34. The highest BCUT2D eigenvalue weighted by Gasteiger charge is 2.28. The molecule has 0 radical (unpaired) electrons. The number of amides is 1. The van der Waals surface area contributed by atoms with Crippen LogP contribution in [0.2, 0.25) is 25.7 Å². The molecule has 1 aromatic carbocycles. The Balaban J connectivity index is 1.58. The third-order valence-electron chi connectivity index (χ3n) is 6.81. The molecule has 0 aliphatic carbocycles. The van der Waals surface area contributed by atoms with Gasteiger partial charge in [-0.1, -0.05) is 38.7 Å². The molecule has 11 heteroatoms. The molecule has 1 aliphatic heterocycles. The SMILES string of the molecule is CCc1cnc(N[C@H]2CCCN(C(=O)OC(C)(C)C)C2)nc1-c1nn(COCC[Si](C)(C)C)c2c(F)cccc12. The van der Waals surface area contributed by atoms with E-state index in [9.17, 15) is 4.79 Å². The summed E-state index contributed by atoms with van der Waals surface area (Å²) >= 11 is 0. The summed E-state index contributed by atoms with van der Waals surface area (Å²) in [6.45, 7) is 16.5. The minimum Gasteiger partial charge on any atom is -0.444 e. The van der Waals surface area contributed by atoms with Gasteiger partial charge in [0.05, 0.1) is 5.69 Å². The van der Waals surface area contributed by atoms with Gasteiger partial charge in [0, 0.05) is 45.4 Å². The number of nitrogens with one attached hydrogen (secondary N) is 1. The van der Waals surface area contributed by atoms with E-state index in [4.69, 9.17) is 19.6 Å². The van der Waals surface area contributed by atoms with Gasteiger partial charge in [-0.3, -0.25) is 0 Å². The van der Waals surface area contributed by atoms with E-state index in [1.807, 2.05) is 33.8 Å². The predicted molar refractivity (Wildman–Crippen MR) is 159 cm³/mol. The predicted octanol–water partition coefficient (Wildman–Crippen LogP) is 6.32. The van der Waals surface area contributed by atoms with Crippen LogP contribution in [0.25, 0.3) is 22.3 Å². The maximum Gasteiger partial charge on any atom is 0.410 e. The second-order valence-corrected chi connectivity index (χ2v) is 18.3. The summed E-state index contributed by atoms with van der Waals surface area (Å²) in [5.74, 6) is 0.105. The number of fused-ring (bicyclic) bond motifs is 1. The molecule has 9 nitrogen and oxygen atoms in total. The highest BCUT2D eigenvalue weighted by atomic mass is 28.3. The number of anilines is 1. The first-order chi connectivity index (χ1) is 18.8.